The van der Waals surface area contributed by atoms with E-state index in [1.54, 1.807) is 0 Å². The van der Waals surface area contributed by atoms with Crippen LogP contribution < -0.4 is 15.9 Å². The van der Waals surface area contributed by atoms with Crippen molar-refractivity contribution >= 4 is 43.6 Å². The maximum absolute atomic E-state index is 13.8. The number of hydrogen-bond donors (Lipinski definition) is 0. The van der Waals surface area contributed by atoms with Crippen molar-refractivity contribution in [2.24, 2.45) is 11.8 Å². The van der Waals surface area contributed by atoms with Crippen molar-refractivity contribution in [1.82, 2.24) is 14.8 Å². The molecule has 1 aromatic carbocycles. The van der Waals surface area contributed by atoms with E-state index in [0.717, 1.165) is 63.3 Å². The molecule has 1 atom stereocenters. The lowest BCUT2D eigenvalue weighted by atomic mass is 9.93. The van der Waals surface area contributed by atoms with Gasteiger partial charge in [-0.25, -0.2) is 4.39 Å². The lowest BCUT2D eigenvalue weighted by Gasteiger charge is -2.16. The van der Waals surface area contributed by atoms with Crippen LogP contribution in [-0.2, 0) is 13.0 Å². The highest BCUT2D eigenvalue weighted by atomic mass is 35.5. The van der Waals surface area contributed by atoms with Gasteiger partial charge in [-0.2, -0.15) is 5.10 Å². The van der Waals surface area contributed by atoms with E-state index in [1.165, 1.54) is 30.7 Å². The van der Waals surface area contributed by atoms with E-state index in [-0.39, 0.29) is 16.7 Å². The van der Waals surface area contributed by atoms with Crippen molar-refractivity contribution < 1.29 is 9.18 Å². The van der Waals surface area contributed by atoms with Gasteiger partial charge in [0.25, 0.3) is 0 Å². The van der Waals surface area contributed by atoms with Gasteiger partial charge in [0, 0.05) is 22.3 Å². The van der Waals surface area contributed by atoms with E-state index >= 15 is 0 Å². The molecule has 0 saturated heterocycles. The van der Waals surface area contributed by atoms with Gasteiger partial charge in [0.1, 0.15) is 5.82 Å². The summed E-state index contributed by atoms with van der Waals surface area (Å²) in [5.41, 5.74) is 5.45. The summed E-state index contributed by atoms with van der Waals surface area (Å²) < 4.78 is 15.7. The van der Waals surface area contributed by atoms with Crippen molar-refractivity contribution in [3.05, 3.63) is 86.0 Å². The molecule has 2 heterocycles. The number of halogens is 2. The van der Waals surface area contributed by atoms with Crippen LogP contribution in [0.4, 0.5) is 4.39 Å². The Hall–Kier alpha value is -2.62. The standard InChI is InChI=1S/C30H36ClFN3OP.C6H14/c1-7-10-19(6)13-24(28-26(31)14-21(32)15-33-28)25-16-34-35(27(25)9-3)17-20-11-12-23(29(36)18(4)5)22(8-2)30(20)37;1-4-6(3)5-2/h9,11-16,18H,7-8,10,17,37H2,1-6H3;6H,4-5H2,1-3H3/b19-13+,25-24+,27-9+;. The number of carbonyl (C=O) groups is 1. The largest absolute Gasteiger partial charge is 0.294 e. The van der Waals surface area contributed by atoms with Crippen molar-refractivity contribution in [2.75, 3.05) is 0 Å². The maximum Gasteiger partial charge on any atom is 0.165 e. The number of ketones is 1. The van der Waals surface area contributed by atoms with E-state index < -0.39 is 5.82 Å². The molecule has 3 aromatic rings. The van der Waals surface area contributed by atoms with Crippen LogP contribution in [0.2, 0.25) is 5.02 Å². The van der Waals surface area contributed by atoms with E-state index in [2.05, 4.69) is 61.8 Å². The van der Waals surface area contributed by atoms with Crippen LogP contribution >= 0.6 is 20.8 Å². The average Bonchev–Trinajstić information content (AvgIpc) is 3.38. The summed E-state index contributed by atoms with van der Waals surface area (Å²) in [5, 5.41) is 7.83. The molecule has 4 nitrogen and oxygen atoms in total. The molecule has 0 saturated carbocycles. The topological polar surface area (TPSA) is 47.8 Å². The van der Waals surface area contributed by atoms with Gasteiger partial charge in [0.15, 0.2) is 5.78 Å². The summed E-state index contributed by atoms with van der Waals surface area (Å²) in [6, 6.07) is 5.26. The van der Waals surface area contributed by atoms with E-state index in [0.29, 0.717) is 12.2 Å². The molecular formula is C36H50ClFN3OP. The number of allylic oxidation sites excluding steroid dienone is 2. The zero-order valence-electron chi connectivity index (χ0n) is 27.5. The van der Waals surface area contributed by atoms with Crippen molar-refractivity contribution in [3.63, 3.8) is 0 Å². The molecule has 0 aliphatic carbocycles. The van der Waals surface area contributed by atoms with Crippen molar-refractivity contribution in [1.29, 1.82) is 0 Å². The third-order valence-corrected chi connectivity index (χ3v) is 8.85. The Bertz CT molecular complexity index is 1540. The number of hydrogen-bond acceptors (Lipinski definition) is 3. The minimum atomic E-state index is -0.473. The fourth-order valence-electron chi connectivity index (χ4n) is 4.86. The number of Topliss-reactive ketones (excluding diaryl/α,β-unsaturated/α-hetero) is 1. The Labute approximate surface area is 265 Å². The van der Waals surface area contributed by atoms with Crippen molar-refractivity contribution in [2.45, 2.75) is 101 Å². The molecule has 3 rings (SSSR count). The summed E-state index contributed by atoms with van der Waals surface area (Å²) in [7, 11) is 2.83. The Morgan fingerprint density at radius 3 is 2.30 bits per heavy atom. The third-order valence-electron chi connectivity index (χ3n) is 7.85. The molecule has 0 spiro atoms. The van der Waals surface area contributed by atoms with Crippen LogP contribution in [-0.4, -0.2) is 20.5 Å². The van der Waals surface area contributed by atoms with Gasteiger partial charge in [-0.1, -0.05) is 109 Å². The zero-order chi connectivity index (χ0) is 32.3. The van der Waals surface area contributed by atoms with E-state index in [9.17, 15) is 9.18 Å². The zero-order valence-corrected chi connectivity index (χ0v) is 29.4. The van der Waals surface area contributed by atoms with Gasteiger partial charge in [0.2, 0.25) is 0 Å². The molecule has 7 heteroatoms. The summed E-state index contributed by atoms with van der Waals surface area (Å²) in [6.45, 7) is 19.4. The Kier molecular flexibility index (Phi) is 15.0. The molecule has 0 bridgehead atoms. The van der Waals surface area contributed by atoms with Gasteiger partial charge in [-0.05, 0) is 55.1 Å². The van der Waals surface area contributed by atoms with Gasteiger partial charge in [-0.15, -0.1) is 9.24 Å². The van der Waals surface area contributed by atoms with Crippen LogP contribution in [0.5, 0.6) is 0 Å². The third kappa shape index (κ3) is 9.68. The fourth-order valence-corrected chi connectivity index (χ4v) is 5.66. The molecule has 0 amide bonds. The van der Waals surface area contributed by atoms with Gasteiger partial charge in [-0.3, -0.25) is 14.5 Å². The number of pyridine rings is 1. The predicted molar refractivity (Wildman–Crippen MR) is 185 cm³/mol. The number of carbonyl (C=O) groups excluding carboxylic acids is 1. The number of nitrogens with zero attached hydrogens (tertiary/aromatic N) is 3. The molecule has 0 aliphatic rings. The van der Waals surface area contributed by atoms with Crippen LogP contribution in [0.3, 0.4) is 0 Å². The molecule has 1 unspecified atom stereocenters. The lowest BCUT2D eigenvalue weighted by Crippen LogP contribution is -2.32. The first-order valence-corrected chi connectivity index (χ1v) is 16.5. The Morgan fingerprint density at radius 1 is 1.12 bits per heavy atom. The Morgan fingerprint density at radius 2 is 1.79 bits per heavy atom. The minimum absolute atomic E-state index is 0.0550. The SMILES string of the molecule is CCC(C)CC.C\C=c1/c(=C(\C=C(/C)CCC)c2ncc(F)cc2Cl)cnn1Cc1ccc(C(=O)C(C)C)c(CC)c1P. The number of benzene rings is 1. The molecule has 0 radical (unpaired) electrons. The lowest BCUT2D eigenvalue weighted by molar-refractivity contribution is 0.0938. The highest BCUT2D eigenvalue weighted by molar-refractivity contribution is 7.27. The molecular weight excluding hydrogens is 576 g/mol. The second-order valence-electron chi connectivity index (χ2n) is 11.5. The summed E-state index contributed by atoms with van der Waals surface area (Å²) in [4.78, 5) is 17.1. The first-order valence-electron chi connectivity index (χ1n) is 15.6. The van der Waals surface area contributed by atoms with Crippen LogP contribution in [0.15, 0.2) is 42.2 Å². The van der Waals surface area contributed by atoms with Gasteiger partial charge in [0.05, 0.1) is 35.0 Å². The molecule has 2 aromatic heterocycles. The van der Waals surface area contributed by atoms with E-state index in [1.807, 2.05) is 49.9 Å². The second kappa shape index (κ2) is 17.6. The first kappa shape index (κ1) is 36.6. The van der Waals surface area contributed by atoms with Crippen LogP contribution in [0, 0.1) is 17.7 Å². The average molecular weight is 626 g/mol. The molecule has 0 aliphatic heterocycles. The second-order valence-corrected chi connectivity index (χ2v) is 12.5. The molecule has 0 fully saturated rings. The van der Waals surface area contributed by atoms with Gasteiger partial charge >= 0.3 is 0 Å². The normalized spacial score (nSPS) is 13.0. The minimum Gasteiger partial charge on any atom is -0.294 e. The smallest absolute Gasteiger partial charge is 0.165 e. The summed E-state index contributed by atoms with van der Waals surface area (Å²) in [5.74, 6) is 0.568. The Balaban J connectivity index is 0.000000973. The highest BCUT2D eigenvalue weighted by Gasteiger charge is 2.18. The number of rotatable bonds is 11. The van der Waals surface area contributed by atoms with E-state index in [4.69, 9.17) is 16.7 Å². The monoisotopic (exact) mass is 625 g/mol. The highest BCUT2D eigenvalue weighted by Crippen LogP contribution is 2.23. The maximum atomic E-state index is 13.8. The number of aromatic nitrogens is 3. The predicted octanol–water partition coefficient (Wildman–Crippen LogP) is 8.21. The quantitative estimate of drug-likeness (QED) is 0.159. The molecule has 43 heavy (non-hydrogen) atoms. The molecule has 234 valence electrons. The van der Waals surface area contributed by atoms with Crippen LogP contribution in [0.25, 0.3) is 11.6 Å². The van der Waals surface area contributed by atoms with Gasteiger partial charge < -0.3 is 0 Å². The van der Waals surface area contributed by atoms with Crippen molar-refractivity contribution in [3.8, 4) is 0 Å². The molecule has 0 N–H and O–H groups in total. The summed E-state index contributed by atoms with van der Waals surface area (Å²) >= 11 is 6.46. The first-order chi connectivity index (χ1) is 20.4. The fraction of sp³-hybridized carbons (Fsp3) is 0.472. The van der Waals surface area contributed by atoms with Crippen LogP contribution in [0.1, 0.15) is 115 Å². The summed E-state index contributed by atoms with van der Waals surface area (Å²) in [6.07, 6.45) is 12.5.